The minimum absolute atomic E-state index is 0.0173. The number of aryl methyl sites for hydroxylation is 2. The van der Waals surface area contributed by atoms with Crippen molar-refractivity contribution in [3.63, 3.8) is 0 Å². The molecule has 0 spiro atoms. The summed E-state index contributed by atoms with van der Waals surface area (Å²) < 4.78 is 14.1. The maximum atomic E-state index is 12.4. The lowest BCUT2D eigenvalue weighted by Gasteiger charge is -2.04. The number of nitrogens with zero attached hydrogens (tertiary/aromatic N) is 2. The van der Waals surface area contributed by atoms with Gasteiger partial charge < -0.3 is 14.5 Å². The van der Waals surface area contributed by atoms with Gasteiger partial charge in [-0.25, -0.2) is 4.79 Å². The fraction of sp³-hybridized carbons (Fsp3) is 0.294. The molecule has 2 heterocycles. The highest BCUT2D eigenvalue weighted by Gasteiger charge is 2.20. The molecule has 0 aliphatic carbocycles. The van der Waals surface area contributed by atoms with E-state index in [4.69, 9.17) is 9.15 Å². The summed E-state index contributed by atoms with van der Waals surface area (Å²) in [6.45, 7) is 5.95. The van der Waals surface area contributed by atoms with Crippen molar-refractivity contribution in [2.75, 3.05) is 11.9 Å². The lowest BCUT2D eigenvalue weighted by Crippen LogP contribution is -2.16. The average molecular weight is 359 g/mol. The van der Waals surface area contributed by atoms with Crippen LogP contribution in [-0.4, -0.2) is 28.1 Å². The highest BCUT2D eigenvalue weighted by molar-refractivity contribution is 7.10. The smallest absolute Gasteiger partial charge is 0.362 e. The fourth-order valence-corrected chi connectivity index (χ4v) is 3.00. The molecule has 3 aromatic rings. The van der Waals surface area contributed by atoms with Crippen LogP contribution in [0.3, 0.4) is 0 Å². The van der Waals surface area contributed by atoms with Crippen LogP contribution in [0.2, 0.25) is 0 Å². The van der Waals surface area contributed by atoms with E-state index in [1.165, 1.54) is 0 Å². The van der Waals surface area contributed by atoms with Crippen LogP contribution in [0.4, 0.5) is 5.00 Å². The van der Waals surface area contributed by atoms with Gasteiger partial charge in [0.1, 0.15) is 5.58 Å². The topological polar surface area (TPSA) is 94.3 Å². The van der Waals surface area contributed by atoms with E-state index in [2.05, 4.69) is 14.9 Å². The van der Waals surface area contributed by atoms with Crippen molar-refractivity contribution in [3.05, 3.63) is 40.8 Å². The number of aromatic nitrogens is 2. The van der Waals surface area contributed by atoms with Gasteiger partial charge in [0.05, 0.1) is 19.3 Å². The normalized spacial score (nSPS) is 10.8. The third kappa shape index (κ3) is 3.53. The molecular weight excluding hydrogens is 342 g/mol. The second kappa shape index (κ2) is 7.02. The lowest BCUT2D eigenvalue weighted by atomic mass is 10.0. The SMILES string of the molecule is CCOC(=O)c1nnsc1NC(=O)Cc1coc2cc(C)c(C)cc12. The summed E-state index contributed by atoms with van der Waals surface area (Å²) in [7, 11) is 0. The number of fused-ring (bicyclic) bond motifs is 1. The second-order valence-corrected chi connectivity index (χ2v) is 6.34. The molecule has 0 saturated heterocycles. The molecule has 1 N–H and O–H groups in total. The number of amides is 1. The van der Waals surface area contributed by atoms with Gasteiger partial charge in [-0.2, -0.15) is 0 Å². The predicted molar refractivity (Wildman–Crippen MR) is 93.9 cm³/mol. The number of hydrogen-bond acceptors (Lipinski definition) is 7. The molecule has 8 heteroatoms. The second-order valence-electron chi connectivity index (χ2n) is 5.59. The van der Waals surface area contributed by atoms with Crippen LogP contribution >= 0.6 is 11.5 Å². The molecule has 0 aliphatic rings. The zero-order valence-electron chi connectivity index (χ0n) is 14.1. The van der Waals surface area contributed by atoms with Crippen LogP contribution in [0.5, 0.6) is 0 Å². The maximum absolute atomic E-state index is 12.4. The Morgan fingerprint density at radius 2 is 2.04 bits per heavy atom. The number of carbonyl (C=O) groups is 2. The number of rotatable bonds is 5. The Morgan fingerprint density at radius 1 is 1.28 bits per heavy atom. The first kappa shape index (κ1) is 17.1. The predicted octanol–water partition coefficient (Wildman–Crippen LogP) is 3.26. The molecule has 0 fully saturated rings. The number of benzene rings is 1. The highest BCUT2D eigenvalue weighted by Crippen LogP contribution is 2.26. The number of anilines is 1. The molecular formula is C17H17N3O4S. The molecule has 130 valence electrons. The molecule has 7 nitrogen and oxygen atoms in total. The first-order valence-electron chi connectivity index (χ1n) is 7.76. The van der Waals surface area contributed by atoms with Crippen LogP contribution in [0, 0.1) is 13.8 Å². The highest BCUT2D eigenvalue weighted by atomic mass is 32.1. The number of hydrogen-bond donors (Lipinski definition) is 1. The van der Waals surface area contributed by atoms with Crippen molar-refractivity contribution < 1.29 is 18.7 Å². The first-order chi connectivity index (χ1) is 12.0. The minimum Gasteiger partial charge on any atom is -0.464 e. The largest absolute Gasteiger partial charge is 0.464 e. The van der Waals surface area contributed by atoms with E-state index in [9.17, 15) is 9.59 Å². The van der Waals surface area contributed by atoms with Crippen LogP contribution in [0.25, 0.3) is 11.0 Å². The summed E-state index contributed by atoms with van der Waals surface area (Å²) in [5, 5.41) is 7.58. The molecule has 3 rings (SSSR count). The molecule has 0 unspecified atom stereocenters. The third-order valence-electron chi connectivity index (χ3n) is 3.83. The first-order valence-corrected chi connectivity index (χ1v) is 8.53. The van der Waals surface area contributed by atoms with Gasteiger partial charge in [0.25, 0.3) is 0 Å². The van der Waals surface area contributed by atoms with E-state index in [1.807, 2.05) is 26.0 Å². The van der Waals surface area contributed by atoms with Gasteiger partial charge in [0, 0.05) is 22.5 Å². The summed E-state index contributed by atoms with van der Waals surface area (Å²) >= 11 is 0.935. The summed E-state index contributed by atoms with van der Waals surface area (Å²) in [6.07, 6.45) is 1.70. The number of nitrogens with one attached hydrogen (secondary N) is 1. The number of furan rings is 1. The van der Waals surface area contributed by atoms with E-state index in [0.717, 1.165) is 39.2 Å². The van der Waals surface area contributed by atoms with Crippen LogP contribution in [-0.2, 0) is 16.0 Å². The van der Waals surface area contributed by atoms with Gasteiger partial charge in [0.2, 0.25) is 11.6 Å². The van der Waals surface area contributed by atoms with E-state index in [0.29, 0.717) is 0 Å². The van der Waals surface area contributed by atoms with Gasteiger partial charge in [-0.1, -0.05) is 4.49 Å². The third-order valence-corrected chi connectivity index (χ3v) is 4.47. The molecule has 0 aliphatic heterocycles. The van der Waals surface area contributed by atoms with Crippen molar-refractivity contribution in [2.45, 2.75) is 27.2 Å². The molecule has 25 heavy (non-hydrogen) atoms. The van der Waals surface area contributed by atoms with Gasteiger partial charge >= 0.3 is 5.97 Å². The number of esters is 1. The maximum Gasteiger partial charge on any atom is 0.362 e. The Morgan fingerprint density at radius 3 is 2.80 bits per heavy atom. The average Bonchev–Trinajstić information content (AvgIpc) is 3.16. The van der Waals surface area contributed by atoms with Crippen molar-refractivity contribution in [1.82, 2.24) is 9.59 Å². The molecule has 2 aromatic heterocycles. The quantitative estimate of drug-likeness (QED) is 0.703. The molecule has 1 amide bonds. The van der Waals surface area contributed by atoms with E-state index in [-0.39, 0.29) is 29.6 Å². The minimum atomic E-state index is -0.605. The standard InChI is InChI=1S/C17H17N3O4S/c1-4-23-17(22)15-16(25-20-19-15)18-14(21)7-11-8-24-13-6-10(3)9(2)5-12(11)13/h5-6,8H,4,7H2,1-3H3,(H,18,21). The Hall–Kier alpha value is -2.74. The van der Waals surface area contributed by atoms with Crippen LogP contribution in [0.15, 0.2) is 22.8 Å². The molecule has 0 bridgehead atoms. The molecule has 0 radical (unpaired) electrons. The Bertz CT molecular complexity index is 945. The molecule has 0 atom stereocenters. The van der Waals surface area contributed by atoms with Gasteiger partial charge in [-0.15, -0.1) is 5.10 Å². The van der Waals surface area contributed by atoms with E-state index in [1.54, 1.807) is 13.2 Å². The van der Waals surface area contributed by atoms with E-state index >= 15 is 0 Å². The zero-order chi connectivity index (χ0) is 18.0. The number of ether oxygens (including phenoxy) is 1. The van der Waals surface area contributed by atoms with E-state index < -0.39 is 5.97 Å². The zero-order valence-corrected chi connectivity index (χ0v) is 14.9. The summed E-state index contributed by atoms with van der Waals surface area (Å²) in [5.41, 5.74) is 3.81. The Balaban J connectivity index is 1.77. The Kier molecular flexibility index (Phi) is 4.80. The van der Waals surface area contributed by atoms with Gasteiger partial charge in [-0.3, -0.25) is 4.79 Å². The van der Waals surface area contributed by atoms with Gasteiger partial charge in [0.15, 0.2) is 5.00 Å². The van der Waals surface area contributed by atoms with Crippen molar-refractivity contribution in [1.29, 1.82) is 0 Å². The number of carbonyl (C=O) groups excluding carboxylic acids is 2. The molecule has 0 saturated carbocycles. The Labute approximate surface area is 148 Å². The van der Waals surface area contributed by atoms with Crippen LogP contribution in [0.1, 0.15) is 34.1 Å². The van der Waals surface area contributed by atoms with Crippen molar-refractivity contribution in [2.24, 2.45) is 0 Å². The fourth-order valence-electron chi connectivity index (χ4n) is 2.42. The lowest BCUT2D eigenvalue weighted by molar-refractivity contribution is -0.115. The summed E-state index contributed by atoms with van der Waals surface area (Å²) in [4.78, 5) is 24.1. The molecule has 1 aromatic carbocycles. The van der Waals surface area contributed by atoms with Crippen molar-refractivity contribution in [3.8, 4) is 0 Å². The van der Waals surface area contributed by atoms with Gasteiger partial charge in [-0.05, 0) is 44.0 Å². The van der Waals surface area contributed by atoms with Crippen LogP contribution < -0.4 is 5.32 Å². The summed E-state index contributed by atoms with van der Waals surface area (Å²) in [6, 6.07) is 3.97. The summed E-state index contributed by atoms with van der Waals surface area (Å²) in [5.74, 6) is -0.885. The monoisotopic (exact) mass is 359 g/mol. The van der Waals surface area contributed by atoms with Crippen molar-refractivity contribution >= 4 is 39.4 Å².